The van der Waals surface area contributed by atoms with E-state index in [4.69, 9.17) is 0 Å². The predicted octanol–water partition coefficient (Wildman–Crippen LogP) is 4.69. The smallest absolute Gasteiger partial charge is 0.113 e. The van der Waals surface area contributed by atoms with Gasteiger partial charge in [0.05, 0.1) is 6.67 Å². The summed E-state index contributed by atoms with van der Waals surface area (Å²) in [6.45, 7) is 11.4. The quantitative estimate of drug-likeness (QED) is 0.738. The van der Waals surface area contributed by atoms with Crippen molar-refractivity contribution < 1.29 is 4.39 Å². The van der Waals surface area contributed by atoms with Gasteiger partial charge in [0.1, 0.15) is 5.82 Å². The van der Waals surface area contributed by atoms with Crippen molar-refractivity contribution in [2.75, 3.05) is 18.1 Å². The lowest BCUT2D eigenvalue weighted by Gasteiger charge is -2.22. The summed E-state index contributed by atoms with van der Waals surface area (Å²) in [6.07, 6.45) is 3.80. The molecule has 116 valence electrons. The number of aryl methyl sites for hydroxylation is 1. The molecule has 1 aromatic heterocycles. The zero-order valence-corrected chi connectivity index (χ0v) is 13.8. The fourth-order valence-corrected chi connectivity index (χ4v) is 3.35. The van der Waals surface area contributed by atoms with Crippen LogP contribution >= 0.6 is 0 Å². The predicted molar refractivity (Wildman–Crippen MR) is 88.5 cm³/mol. The molecule has 1 aliphatic rings. The van der Waals surface area contributed by atoms with E-state index in [1.54, 1.807) is 0 Å². The summed E-state index contributed by atoms with van der Waals surface area (Å²) >= 11 is 0. The summed E-state index contributed by atoms with van der Waals surface area (Å²) in [5, 5.41) is 0. The monoisotopic (exact) mass is 290 g/mol. The molecule has 0 amide bonds. The molecule has 1 aromatic rings. The van der Waals surface area contributed by atoms with Crippen LogP contribution in [-0.4, -0.2) is 17.8 Å². The summed E-state index contributed by atoms with van der Waals surface area (Å²) in [5.41, 5.74) is 6.29. The summed E-state index contributed by atoms with van der Waals surface area (Å²) in [6, 6.07) is 2.17. The number of nitrogens with zero attached hydrogens (tertiary/aromatic N) is 2. The minimum atomic E-state index is -0.307. The molecule has 0 fully saturated rings. The van der Waals surface area contributed by atoms with Gasteiger partial charge in [-0.1, -0.05) is 26.8 Å². The maximum absolute atomic E-state index is 12.7. The fourth-order valence-electron chi connectivity index (χ4n) is 3.35. The Bertz CT molecular complexity index is 566. The van der Waals surface area contributed by atoms with Crippen LogP contribution in [0.15, 0.2) is 29.5 Å². The molecule has 1 aliphatic heterocycles. The van der Waals surface area contributed by atoms with Crippen molar-refractivity contribution in [1.82, 2.24) is 4.57 Å². The highest BCUT2D eigenvalue weighted by Gasteiger charge is 2.27. The first-order valence-electron chi connectivity index (χ1n) is 7.93. The van der Waals surface area contributed by atoms with Crippen molar-refractivity contribution in [2.45, 2.75) is 46.5 Å². The second-order valence-corrected chi connectivity index (χ2v) is 5.85. The third kappa shape index (κ3) is 2.78. The van der Waals surface area contributed by atoms with Crippen LogP contribution in [0.3, 0.4) is 0 Å². The first-order chi connectivity index (χ1) is 10.0. The lowest BCUT2D eigenvalue weighted by Crippen LogP contribution is -2.21. The van der Waals surface area contributed by atoms with E-state index in [-0.39, 0.29) is 6.67 Å². The second kappa shape index (κ2) is 6.50. The van der Waals surface area contributed by atoms with Crippen LogP contribution in [-0.2, 0) is 13.5 Å². The Kier molecular flexibility index (Phi) is 4.92. The number of allylic oxidation sites excluding steroid dienone is 1. The molecule has 21 heavy (non-hydrogen) atoms. The highest BCUT2D eigenvalue weighted by Crippen LogP contribution is 2.37. The van der Waals surface area contributed by atoms with E-state index in [1.807, 2.05) is 7.05 Å². The zero-order valence-electron chi connectivity index (χ0n) is 13.8. The summed E-state index contributed by atoms with van der Waals surface area (Å²) in [4.78, 5) is 2.29. The van der Waals surface area contributed by atoms with E-state index in [1.165, 1.54) is 16.7 Å². The van der Waals surface area contributed by atoms with Gasteiger partial charge in [-0.3, -0.25) is 4.39 Å². The van der Waals surface area contributed by atoms with E-state index in [0.717, 1.165) is 43.0 Å². The summed E-state index contributed by atoms with van der Waals surface area (Å²) < 4.78 is 14.9. The Hall–Kier alpha value is -1.51. The molecule has 0 aliphatic carbocycles. The van der Waals surface area contributed by atoms with E-state index >= 15 is 0 Å². The normalized spacial score (nSPS) is 15.5. The first kappa shape index (κ1) is 15.9. The van der Waals surface area contributed by atoms with Gasteiger partial charge in [-0.15, -0.1) is 0 Å². The summed E-state index contributed by atoms with van der Waals surface area (Å²) in [5.74, 6) is 1.14. The number of anilines is 1. The summed E-state index contributed by atoms with van der Waals surface area (Å²) in [7, 11) is 2.03. The van der Waals surface area contributed by atoms with Gasteiger partial charge >= 0.3 is 0 Å². The van der Waals surface area contributed by atoms with E-state index in [2.05, 4.69) is 42.9 Å². The SMILES string of the molecule is C=C1C(CCC)=C(CC)CN1c1cc(C)c(CCF)n1C. The Balaban J connectivity index is 2.33. The van der Waals surface area contributed by atoms with Crippen LogP contribution in [0.4, 0.5) is 10.2 Å². The van der Waals surface area contributed by atoms with Crippen LogP contribution in [0, 0.1) is 6.92 Å². The number of halogens is 1. The van der Waals surface area contributed by atoms with Gasteiger partial charge in [-0.2, -0.15) is 0 Å². The van der Waals surface area contributed by atoms with Gasteiger partial charge in [-0.25, -0.2) is 0 Å². The van der Waals surface area contributed by atoms with Crippen molar-refractivity contribution >= 4 is 5.82 Å². The number of aromatic nitrogens is 1. The molecule has 2 rings (SSSR count). The number of rotatable bonds is 6. The third-order valence-electron chi connectivity index (χ3n) is 4.53. The van der Waals surface area contributed by atoms with Gasteiger partial charge < -0.3 is 9.47 Å². The Morgan fingerprint density at radius 1 is 1.29 bits per heavy atom. The fraction of sp³-hybridized carbons (Fsp3) is 0.556. The van der Waals surface area contributed by atoms with Gasteiger partial charge in [0.2, 0.25) is 0 Å². The number of alkyl halides is 1. The molecule has 0 radical (unpaired) electrons. The molecule has 0 saturated heterocycles. The molecular formula is C18H27FN2. The lowest BCUT2D eigenvalue weighted by molar-refractivity contribution is 0.487. The molecule has 0 atom stereocenters. The zero-order chi connectivity index (χ0) is 15.6. The van der Waals surface area contributed by atoms with Crippen LogP contribution in [0.2, 0.25) is 0 Å². The third-order valence-corrected chi connectivity index (χ3v) is 4.53. The van der Waals surface area contributed by atoms with E-state index in [9.17, 15) is 4.39 Å². The average molecular weight is 290 g/mol. The molecule has 0 bridgehead atoms. The highest BCUT2D eigenvalue weighted by molar-refractivity contribution is 5.62. The standard InChI is InChI=1S/C18H27FN2/c1-6-8-16-14(4)21(12-15(16)7-2)18-11-13(3)17(9-10-19)20(18)5/h11H,4,6-10,12H2,1-3,5H3. The molecular weight excluding hydrogens is 263 g/mol. The van der Waals surface area contributed by atoms with E-state index in [0.29, 0.717) is 6.42 Å². The first-order valence-corrected chi connectivity index (χ1v) is 7.93. The molecule has 3 heteroatoms. The molecule has 2 heterocycles. The minimum absolute atomic E-state index is 0.307. The van der Waals surface area contributed by atoms with Crippen molar-refractivity contribution in [1.29, 1.82) is 0 Å². The van der Waals surface area contributed by atoms with Crippen molar-refractivity contribution in [3.63, 3.8) is 0 Å². The molecule has 2 nitrogen and oxygen atoms in total. The molecule has 0 saturated carbocycles. The Morgan fingerprint density at radius 3 is 2.57 bits per heavy atom. The van der Waals surface area contributed by atoms with Crippen LogP contribution in [0.1, 0.15) is 44.4 Å². The lowest BCUT2D eigenvalue weighted by atomic mass is 10.0. The van der Waals surface area contributed by atoms with Gasteiger partial charge in [0, 0.05) is 31.4 Å². The van der Waals surface area contributed by atoms with Crippen molar-refractivity contribution in [3.8, 4) is 0 Å². The largest absolute Gasteiger partial charge is 0.334 e. The van der Waals surface area contributed by atoms with Crippen molar-refractivity contribution in [2.24, 2.45) is 7.05 Å². The average Bonchev–Trinajstić information content (AvgIpc) is 2.92. The maximum atomic E-state index is 12.7. The molecule has 0 aromatic carbocycles. The van der Waals surface area contributed by atoms with Crippen LogP contribution < -0.4 is 4.90 Å². The highest BCUT2D eigenvalue weighted by atomic mass is 19.1. The number of hydrogen-bond acceptors (Lipinski definition) is 1. The number of hydrogen-bond donors (Lipinski definition) is 0. The second-order valence-electron chi connectivity index (χ2n) is 5.85. The minimum Gasteiger partial charge on any atom is -0.334 e. The topological polar surface area (TPSA) is 8.17 Å². The molecule has 0 spiro atoms. The van der Waals surface area contributed by atoms with Gasteiger partial charge in [0.15, 0.2) is 0 Å². The molecule has 0 N–H and O–H groups in total. The van der Waals surface area contributed by atoms with Gasteiger partial charge in [0.25, 0.3) is 0 Å². The molecule has 0 unspecified atom stereocenters. The Morgan fingerprint density at radius 2 is 2.00 bits per heavy atom. The van der Waals surface area contributed by atoms with Gasteiger partial charge in [-0.05, 0) is 42.5 Å². The van der Waals surface area contributed by atoms with E-state index < -0.39 is 0 Å². The van der Waals surface area contributed by atoms with Crippen LogP contribution in [0.25, 0.3) is 0 Å². The van der Waals surface area contributed by atoms with Crippen molar-refractivity contribution in [3.05, 3.63) is 40.7 Å². The van der Waals surface area contributed by atoms with Crippen LogP contribution in [0.5, 0.6) is 0 Å². The Labute approximate surface area is 128 Å². The maximum Gasteiger partial charge on any atom is 0.113 e.